The standard InChI is InChI=1S/C36H33NO4S2/c1-41-35(38)25-32-24-33(26-37(32)43(39,40)34-22-21-27-13-11-12-14-28(27)23-34)42-36(29-15-5-2-6-16-29,30-17-7-3-8-18-30)31-19-9-4-10-20-31/h2-23,32-33H,24-26H2,1H3/t32-,33-/m1/s1. The lowest BCUT2D eigenvalue weighted by Gasteiger charge is -2.37. The average molecular weight is 608 g/mol. The van der Waals surface area contributed by atoms with Gasteiger partial charge in [-0.15, -0.1) is 11.8 Å². The Morgan fingerprint density at radius 2 is 1.28 bits per heavy atom. The van der Waals surface area contributed by atoms with Crippen molar-refractivity contribution in [3.8, 4) is 0 Å². The zero-order chi connectivity index (χ0) is 29.9. The molecule has 7 heteroatoms. The van der Waals surface area contributed by atoms with Gasteiger partial charge in [-0.3, -0.25) is 4.79 Å². The quantitative estimate of drug-likeness (QED) is 0.130. The fourth-order valence-corrected chi connectivity index (χ4v) is 9.80. The minimum atomic E-state index is -3.90. The van der Waals surface area contributed by atoms with Gasteiger partial charge in [-0.05, 0) is 46.0 Å². The van der Waals surface area contributed by atoms with Crippen molar-refractivity contribution >= 4 is 38.5 Å². The molecule has 0 bridgehead atoms. The second-order valence-electron chi connectivity index (χ2n) is 10.8. The Kier molecular flexibility index (Phi) is 8.39. The van der Waals surface area contributed by atoms with Crippen molar-refractivity contribution in [2.24, 2.45) is 0 Å². The third kappa shape index (κ3) is 5.73. The molecule has 0 amide bonds. The van der Waals surface area contributed by atoms with E-state index in [9.17, 15) is 13.2 Å². The number of methoxy groups -OCH3 is 1. The number of rotatable bonds is 9. The van der Waals surface area contributed by atoms with Crippen LogP contribution >= 0.6 is 11.8 Å². The van der Waals surface area contributed by atoms with Gasteiger partial charge in [-0.2, -0.15) is 4.31 Å². The number of fused-ring (bicyclic) bond motifs is 1. The zero-order valence-corrected chi connectivity index (χ0v) is 25.5. The van der Waals surface area contributed by atoms with Gasteiger partial charge in [0.15, 0.2) is 0 Å². The van der Waals surface area contributed by atoms with Crippen molar-refractivity contribution in [1.82, 2.24) is 4.31 Å². The molecule has 0 aliphatic carbocycles. The molecule has 6 rings (SSSR count). The molecule has 5 aromatic carbocycles. The Morgan fingerprint density at radius 3 is 1.81 bits per heavy atom. The second-order valence-corrected chi connectivity index (χ2v) is 14.2. The highest BCUT2D eigenvalue weighted by molar-refractivity contribution is 8.01. The SMILES string of the molecule is COC(=O)C[C@H]1C[C@@H](SC(c2ccccc2)(c2ccccc2)c2ccccc2)CN1S(=O)(=O)c1ccc2ccccc2c1. The van der Waals surface area contributed by atoms with E-state index in [1.165, 1.54) is 11.4 Å². The number of hydrogen-bond donors (Lipinski definition) is 0. The number of carbonyl (C=O) groups is 1. The van der Waals surface area contributed by atoms with E-state index in [-0.39, 0.29) is 23.1 Å². The van der Waals surface area contributed by atoms with Gasteiger partial charge in [-0.1, -0.05) is 121 Å². The van der Waals surface area contributed by atoms with Crippen molar-refractivity contribution in [3.63, 3.8) is 0 Å². The minimum Gasteiger partial charge on any atom is -0.469 e. The molecule has 0 spiro atoms. The first-order chi connectivity index (χ1) is 20.9. The number of nitrogens with zero attached hydrogens (tertiary/aromatic N) is 1. The van der Waals surface area contributed by atoms with E-state index in [1.54, 1.807) is 23.9 Å². The number of thioether (sulfide) groups is 1. The van der Waals surface area contributed by atoms with Crippen LogP contribution in [0.2, 0.25) is 0 Å². The van der Waals surface area contributed by atoms with Crippen molar-refractivity contribution in [1.29, 1.82) is 0 Å². The zero-order valence-electron chi connectivity index (χ0n) is 23.9. The van der Waals surface area contributed by atoms with Gasteiger partial charge in [0.2, 0.25) is 10.0 Å². The number of carbonyl (C=O) groups excluding carboxylic acids is 1. The van der Waals surface area contributed by atoms with Crippen LogP contribution in [0.3, 0.4) is 0 Å². The Hall–Kier alpha value is -3.91. The summed E-state index contributed by atoms with van der Waals surface area (Å²) in [6.45, 7) is 0.274. The average Bonchev–Trinajstić information content (AvgIpc) is 3.47. The van der Waals surface area contributed by atoms with Crippen LogP contribution in [0.25, 0.3) is 10.8 Å². The third-order valence-corrected chi connectivity index (χ3v) is 11.8. The third-order valence-electron chi connectivity index (χ3n) is 8.17. The van der Waals surface area contributed by atoms with Crippen LogP contribution in [0.1, 0.15) is 29.5 Å². The Labute approximate surface area is 257 Å². The van der Waals surface area contributed by atoms with E-state index in [0.717, 1.165) is 27.5 Å². The molecule has 1 aliphatic rings. The van der Waals surface area contributed by atoms with Crippen LogP contribution in [-0.4, -0.2) is 43.6 Å². The maximum atomic E-state index is 14.2. The largest absolute Gasteiger partial charge is 0.469 e. The number of hydrogen-bond acceptors (Lipinski definition) is 5. The molecular weight excluding hydrogens is 575 g/mol. The van der Waals surface area contributed by atoms with Gasteiger partial charge in [0, 0.05) is 17.8 Å². The van der Waals surface area contributed by atoms with Crippen molar-refractivity contribution in [2.75, 3.05) is 13.7 Å². The van der Waals surface area contributed by atoms with E-state index in [0.29, 0.717) is 6.42 Å². The maximum absolute atomic E-state index is 14.2. The van der Waals surface area contributed by atoms with Crippen molar-refractivity contribution in [3.05, 3.63) is 150 Å². The van der Waals surface area contributed by atoms with Gasteiger partial charge < -0.3 is 4.74 Å². The highest BCUT2D eigenvalue weighted by Gasteiger charge is 2.46. The van der Waals surface area contributed by atoms with Gasteiger partial charge in [0.1, 0.15) is 0 Å². The second kappa shape index (κ2) is 12.4. The van der Waals surface area contributed by atoms with Crippen LogP contribution in [0.5, 0.6) is 0 Å². The Morgan fingerprint density at radius 1 is 0.767 bits per heavy atom. The fourth-order valence-electron chi connectivity index (χ4n) is 6.12. The van der Waals surface area contributed by atoms with Crippen LogP contribution in [0.4, 0.5) is 0 Å². The lowest BCUT2D eigenvalue weighted by Crippen LogP contribution is -2.37. The normalized spacial score (nSPS) is 17.6. The molecule has 1 saturated heterocycles. The Balaban J connectivity index is 1.43. The summed E-state index contributed by atoms with van der Waals surface area (Å²) in [5.41, 5.74) is 3.33. The number of benzene rings is 5. The first kappa shape index (κ1) is 29.2. The predicted molar refractivity (Wildman–Crippen MR) is 173 cm³/mol. The summed E-state index contributed by atoms with van der Waals surface area (Å²) >= 11 is 1.76. The molecule has 2 atom stereocenters. The van der Waals surface area contributed by atoms with E-state index in [4.69, 9.17) is 4.74 Å². The van der Waals surface area contributed by atoms with Crippen molar-refractivity contribution in [2.45, 2.75) is 33.8 Å². The molecule has 0 saturated carbocycles. The minimum absolute atomic E-state index is 0.00458. The molecule has 5 nitrogen and oxygen atoms in total. The van der Waals surface area contributed by atoms with Crippen LogP contribution in [0, 0.1) is 0 Å². The van der Waals surface area contributed by atoms with E-state index in [2.05, 4.69) is 36.4 Å². The first-order valence-corrected chi connectivity index (χ1v) is 16.7. The molecular formula is C36H33NO4S2. The lowest BCUT2D eigenvalue weighted by molar-refractivity contribution is -0.141. The molecule has 0 aromatic heterocycles. The van der Waals surface area contributed by atoms with Gasteiger partial charge in [0.05, 0.1) is 23.2 Å². The van der Waals surface area contributed by atoms with Gasteiger partial charge in [-0.25, -0.2) is 8.42 Å². The van der Waals surface area contributed by atoms with E-state index >= 15 is 0 Å². The molecule has 5 aromatic rings. The van der Waals surface area contributed by atoms with E-state index < -0.39 is 26.8 Å². The fraction of sp³-hybridized carbons (Fsp3) is 0.194. The summed E-state index contributed by atoms with van der Waals surface area (Å²) in [4.78, 5) is 12.8. The van der Waals surface area contributed by atoms with Gasteiger partial charge >= 0.3 is 5.97 Å². The molecule has 0 unspecified atom stereocenters. The highest BCUT2D eigenvalue weighted by atomic mass is 32.2. The highest BCUT2D eigenvalue weighted by Crippen LogP contribution is 2.52. The summed E-state index contributed by atoms with van der Waals surface area (Å²) in [6, 6.07) is 43.5. The predicted octanol–water partition coefficient (Wildman–Crippen LogP) is 7.26. The maximum Gasteiger partial charge on any atom is 0.307 e. The summed E-state index contributed by atoms with van der Waals surface area (Å²) in [6.07, 6.45) is 0.510. The topological polar surface area (TPSA) is 63.7 Å². The van der Waals surface area contributed by atoms with Crippen LogP contribution in [0.15, 0.2) is 138 Å². The smallest absolute Gasteiger partial charge is 0.307 e. The van der Waals surface area contributed by atoms with Gasteiger partial charge in [0.25, 0.3) is 0 Å². The molecule has 1 aliphatic heterocycles. The first-order valence-electron chi connectivity index (χ1n) is 14.3. The molecule has 1 fully saturated rings. The molecule has 0 N–H and O–H groups in total. The monoisotopic (exact) mass is 607 g/mol. The molecule has 218 valence electrons. The van der Waals surface area contributed by atoms with Crippen LogP contribution in [-0.2, 0) is 24.3 Å². The summed E-state index contributed by atoms with van der Waals surface area (Å²) in [5.74, 6) is -0.421. The lowest BCUT2D eigenvalue weighted by atomic mass is 9.84. The van der Waals surface area contributed by atoms with E-state index in [1.807, 2.05) is 84.9 Å². The molecule has 1 heterocycles. The number of ether oxygens (including phenoxy) is 1. The van der Waals surface area contributed by atoms with Crippen molar-refractivity contribution < 1.29 is 17.9 Å². The summed E-state index contributed by atoms with van der Waals surface area (Å²) in [7, 11) is -2.56. The summed E-state index contributed by atoms with van der Waals surface area (Å²) < 4.78 is 34.4. The van der Waals surface area contributed by atoms with Crippen LogP contribution < -0.4 is 0 Å². The Bertz CT molecular complexity index is 1720. The summed E-state index contributed by atoms with van der Waals surface area (Å²) in [5, 5.41) is 1.72. The molecule has 0 radical (unpaired) electrons. The molecule has 43 heavy (non-hydrogen) atoms. The number of sulfonamides is 1. The number of esters is 1.